The number of hydrogen-bond donors (Lipinski definition) is 1. The molecule has 0 spiro atoms. The third-order valence-electron chi connectivity index (χ3n) is 3.16. The normalized spacial score (nSPS) is 11.5. The van der Waals surface area contributed by atoms with Crippen LogP contribution in [-0.4, -0.2) is 25.1 Å². The Morgan fingerprint density at radius 3 is 2.46 bits per heavy atom. The number of rotatable bonds is 5. The van der Waals surface area contributed by atoms with E-state index in [9.17, 15) is 14.0 Å². The number of halogens is 2. The van der Waals surface area contributed by atoms with Crippen LogP contribution in [0.1, 0.15) is 17.3 Å². The average Bonchev–Trinajstić information content (AvgIpc) is 2.57. The summed E-state index contributed by atoms with van der Waals surface area (Å²) in [5.41, 5.74) is 0.283. The van der Waals surface area contributed by atoms with E-state index in [0.717, 1.165) is 6.07 Å². The highest BCUT2D eigenvalue weighted by atomic mass is 79.9. The van der Waals surface area contributed by atoms with Gasteiger partial charge < -0.3 is 14.8 Å². The van der Waals surface area contributed by atoms with Crippen molar-refractivity contribution in [2.24, 2.45) is 0 Å². The predicted octanol–water partition coefficient (Wildman–Crippen LogP) is 3.78. The van der Waals surface area contributed by atoms with Gasteiger partial charge in [-0.2, -0.15) is 0 Å². The molecule has 0 saturated heterocycles. The fraction of sp³-hybridized carbons (Fsp3) is 0.176. The zero-order valence-corrected chi connectivity index (χ0v) is 14.6. The third kappa shape index (κ3) is 4.55. The molecule has 0 heterocycles. The van der Waals surface area contributed by atoms with Crippen molar-refractivity contribution in [2.45, 2.75) is 13.0 Å². The van der Waals surface area contributed by atoms with E-state index in [1.807, 2.05) is 0 Å². The van der Waals surface area contributed by atoms with Gasteiger partial charge in [-0.3, -0.25) is 4.79 Å². The van der Waals surface area contributed by atoms with Gasteiger partial charge in [0.1, 0.15) is 11.6 Å². The van der Waals surface area contributed by atoms with Crippen LogP contribution in [0.3, 0.4) is 0 Å². The summed E-state index contributed by atoms with van der Waals surface area (Å²) in [6, 6.07) is 10.6. The molecular weight excluding hydrogens is 381 g/mol. The molecule has 0 bridgehead atoms. The summed E-state index contributed by atoms with van der Waals surface area (Å²) in [5, 5.41) is 2.60. The lowest BCUT2D eigenvalue weighted by Gasteiger charge is -2.14. The number of carbonyl (C=O) groups is 2. The van der Waals surface area contributed by atoms with Gasteiger partial charge in [0.15, 0.2) is 6.10 Å². The van der Waals surface area contributed by atoms with Gasteiger partial charge in [0.2, 0.25) is 0 Å². The van der Waals surface area contributed by atoms with E-state index >= 15 is 0 Å². The zero-order chi connectivity index (χ0) is 17.7. The zero-order valence-electron chi connectivity index (χ0n) is 13.0. The van der Waals surface area contributed by atoms with Crippen LogP contribution in [0.2, 0.25) is 0 Å². The summed E-state index contributed by atoms with van der Waals surface area (Å²) in [6.45, 7) is 1.41. The van der Waals surface area contributed by atoms with Crippen molar-refractivity contribution in [3.05, 3.63) is 58.3 Å². The summed E-state index contributed by atoms with van der Waals surface area (Å²) in [5.74, 6) is -1.50. The topological polar surface area (TPSA) is 64.6 Å². The summed E-state index contributed by atoms with van der Waals surface area (Å²) < 4.78 is 24.2. The molecule has 5 nitrogen and oxygen atoms in total. The molecule has 7 heteroatoms. The van der Waals surface area contributed by atoms with Crippen LogP contribution in [0, 0.1) is 5.82 Å². The van der Waals surface area contributed by atoms with E-state index in [4.69, 9.17) is 9.47 Å². The van der Waals surface area contributed by atoms with Crippen LogP contribution >= 0.6 is 15.9 Å². The van der Waals surface area contributed by atoms with E-state index in [0.29, 0.717) is 15.9 Å². The molecule has 0 aliphatic rings. The highest BCUT2D eigenvalue weighted by molar-refractivity contribution is 9.10. The first-order valence-electron chi connectivity index (χ1n) is 7.01. The van der Waals surface area contributed by atoms with Gasteiger partial charge >= 0.3 is 5.97 Å². The molecule has 0 radical (unpaired) electrons. The average molecular weight is 396 g/mol. The van der Waals surface area contributed by atoms with E-state index in [1.54, 1.807) is 24.3 Å². The molecule has 0 aliphatic heterocycles. The Labute approximate surface area is 146 Å². The van der Waals surface area contributed by atoms with E-state index < -0.39 is 23.8 Å². The Hall–Kier alpha value is -2.41. The number of nitrogens with one attached hydrogen (secondary N) is 1. The van der Waals surface area contributed by atoms with Crippen molar-refractivity contribution in [1.82, 2.24) is 0 Å². The maximum absolute atomic E-state index is 13.7. The molecule has 0 unspecified atom stereocenters. The minimum Gasteiger partial charge on any atom is -0.497 e. The van der Waals surface area contributed by atoms with Gasteiger partial charge in [0, 0.05) is 10.2 Å². The van der Waals surface area contributed by atoms with Crippen molar-refractivity contribution in [2.75, 3.05) is 12.4 Å². The standard InChI is InChI=1S/C17H15BrFNO4/c1-10(16(21)20-12-4-6-13(23-2)7-5-12)24-17(22)14-9-11(18)3-8-15(14)19/h3-10H,1-2H3,(H,20,21)/t10-/m0/s1. The van der Waals surface area contributed by atoms with Crippen LogP contribution in [0.25, 0.3) is 0 Å². The molecule has 1 atom stereocenters. The Morgan fingerprint density at radius 2 is 1.83 bits per heavy atom. The Bertz CT molecular complexity index is 749. The molecule has 1 amide bonds. The fourth-order valence-corrected chi connectivity index (χ4v) is 2.21. The molecule has 2 aromatic carbocycles. The summed E-state index contributed by atoms with van der Waals surface area (Å²) in [7, 11) is 1.54. The maximum Gasteiger partial charge on any atom is 0.341 e. The third-order valence-corrected chi connectivity index (χ3v) is 3.65. The Balaban J connectivity index is 2.00. The van der Waals surface area contributed by atoms with Crippen molar-refractivity contribution < 1.29 is 23.5 Å². The first kappa shape index (κ1) is 17.9. The number of methoxy groups -OCH3 is 1. The highest BCUT2D eigenvalue weighted by Gasteiger charge is 2.21. The Morgan fingerprint density at radius 1 is 1.17 bits per heavy atom. The van der Waals surface area contributed by atoms with Crippen LogP contribution in [0.5, 0.6) is 5.75 Å². The number of amides is 1. The van der Waals surface area contributed by atoms with Crippen molar-refractivity contribution >= 4 is 33.5 Å². The summed E-state index contributed by atoms with van der Waals surface area (Å²) in [6.07, 6.45) is -1.09. The van der Waals surface area contributed by atoms with Crippen molar-refractivity contribution in [3.8, 4) is 5.75 Å². The van der Waals surface area contributed by atoms with Gasteiger partial charge in [0.25, 0.3) is 5.91 Å². The number of hydrogen-bond acceptors (Lipinski definition) is 4. The molecule has 24 heavy (non-hydrogen) atoms. The van der Waals surface area contributed by atoms with Gasteiger partial charge in [-0.15, -0.1) is 0 Å². The van der Waals surface area contributed by atoms with Gasteiger partial charge in [-0.05, 0) is 49.4 Å². The van der Waals surface area contributed by atoms with E-state index in [2.05, 4.69) is 21.2 Å². The smallest absolute Gasteiger partial charge is 0.341 e. The largest absolute Gasteiger partial charge is 0.497 e. The SMILES string of the molecule is COc1ccc(NC(=O)[C@H](C)OC(=O)c2cc(Br)ccc2F)cc1. The van der Waals surface area contributed by atoms with Gasteiger partial charge in [-0.25, -0.2) is 9.18 Å². The molecule has 2 aromatic rings. The molecule has 2 rings (SSSR count). The fourth-order valence-electron chi connectivity index (χ4n) is 1.85. The number of anilines is 1. The van der Waals surface area contributed by atoms with Crippen LogP contribution in [0.4, 0.5) is 10.1 Å². The second-order valence-electron chi connectivity index (χ2n) is 4.89. The number of carbonyl (C=O) groups excluding carboxylic acids is 2. The number of ether oxygens (including phenoxy) is 2. The maximum atomic E-state index is 13.7. The lowest BCUT2D eigenvalue weighted by molar-refractivity contribution is -0.123. The van der Waals surface area contributed by atoms with Crippen LogP contribution < -0.4 is 10.1 Å². The van der Waals surface area contributed by atoms with Crippen LogP contribution in [-0.2, 0) is 9.53 Å². The van der Waals surface area contributed by atoms with Crippen molar-refractivity contribution in [3.63, 3.8) is 0 Å². The Kier molecular flexibility index (Phi) is 5.92. The van der Waals surface area contributed by atoms with Gasteiger partial charge in [-0.1, -0.05) is 15.9 Å². The predicted molar refractivity (Wildman–Crippen MR) is 90.6 cm³/mol. The lowest BCUT2D eigenvalue weighted by atomic mass is 10.2. The minimum absolute atomic E-state index is 0.242. The van der Waals surface area contributed by atoms with Crippen LogP contribution in [0.15, 0.2) is 46.9 Å². The molecule has 126 valence electrons. The first-order valence-corrected chi connectivity index (χ1v) is 7.81. The first-order chi connectivity index (χ1) is 11.4. The molecule has 0 aromatic heterocycles. The quantitative estimate of drug-likeness (QED) is 0.782. The summed E-state index contributed by atoms with van der Waals surface area (Å²) >= 11 is 3.15. The molecule has 0 saturated carbocycles. The molecule has 0 aliphatic carbocycles. The van der Waals surface area contributed by atoms with Crippen molar-refractivity contribution in [1.29, 1.82) is 0 Å². The van der Waals surface area contributed by atoms with E-state index in [1.165, 1.54) is 26.2 Å². The number of benzene rings is 2. The minimum atomic E-state index is -1.09. The summed E-state index contributed by atoms with van der Waals surface area (Å²) in [4.78, 5) is 24.1. The second-order valence-corrected chi connectivity index (χ2v) is 5.81. The molecule has 0 fully saturated rings. The van der Waals surface area contributed by atoms with Gasteiger partial charge in [0.05, 0.1) is 12.7 Å². The highest BCUT2D eigenvalue weighted by Crippen LogP contribution is 2.18. The molecule has 1 N–H and O–H groups in total. The monoisotopic (exact) mass is 395 g/mol. The lowest BCUT2D eigenvalue weighted by Crippen LogP contribution is -2.30. The second kappa shape index (κ2) is 7.92. The molecular formula is C17H15BrFNO4. The van der Waals surface area contributed by atoms with E-state index in [-0.39, 0.29) is 5.56 Å². The number of esters is 1.